The van der Waals surface area contributed by atoms with Gasteiger partial charge in [0.05, 0.1) is 17.0 Å². The van der Waals surface area contributed by atoms with Crippen molar-refractivity contribution < 1.29 is 22.8 Å². The average molecular weight is 566 g/mol. The van der Waals surface area contributed by atoms with Crippen LogP contribution < -0.4 is 16.4 Å². The number of hydrogen-bond donors (Lipinski definition) is 3. The quantitative estimate of drug-likeness (QED) is 0.290. The van der Waals surface area contributed by atoms with E-state index in [0.29, 0.717) is 48.3 Å². The van der Waals surface area contributed by atoms with Crippen LogP contribution in [0, 0.1) is 0 Å². The second-order valence-corrected chi connectivity index (χ2v) is 9.40. The van der Waals surface area contributed by atoms with Gasteiger partial charge in [0.25, 0.3) is 5.91 Å². The first-order chi connectivity index (χ1) is 19.7. The molecule has 212 valence electrons. The van der Waals surface area contributed by atoms with E-state index < -0.39 is 17.6 Å². The van der Waals surface area contributed by atoms with Crippen LogP contribution in [0.15, 0.2) is 61.1 Å². The van der Waals surface area contributed by atoms with Crippen LogP contribution in [0.4, 0.5) is 24.8 Å². The normalized spacial score (nSPS) is 15.6. The average Bonchev–Trinajstić information content (AvgIpc) is 3.59. The number of nitrogens with one attached hydrogen (secondary N) is 2. The topological polar surface area (TPSA) is 144 Å². The van der Waals surface area contributed by atoms with Crippen LogP contribution in [-0.2, 0) is 11.0 Å². The maximum Gasteiger partial charge on any atom is 0.416 e. The number of aromatic nitrogens is 5. The number of hydrogen-bond acceptors (Lipinski definition) is 8. The van der Waals surface area contributed by atoms with Crippen LogP contribution in [0.1, 0.15) is 28.4 Å². The summed E-state index contributed by atoms with van der Waals surface area (Å²) in [7, 11) is 1.80. The van der Waals surface area contributed by atoms with Gasteiger partial charge in [-0.05, 0) is 37.7 Å². The molecule has 4 N–H and O–H groups in total. The second kappa shape index (κ2) is 11.3. The molecule has 1 saturated heterocycles. The van der Waals surface area contributed by atoms with Crippen LogP contribution >= 0.6 is 0 Å². The molecule has 1 aromatic carbocycles. The van der Waals surface area contributed by atoms with Crippen molar-refractivity contribution in [3.8, 4) is 11.3 Å². The van der Waals surface area contributed by atoms with Crippen molar-refractivity contribution in [3.63, 3.8) is 0 Å². The van der Waals surface area contributed by atoms with Crippen molar-refractivity contribution in [2.24, 2.45) is 0 Å². The molecule has 3 aromatic heterocycles. The lowest BCUT2D eigenvalue weighted by Gasteiger charge is -2.15. The Morgan fingerprint density at radius 3 is 2.66 bits per heavy atom. The van der Waals surface area contributed by atoms with E-state index in [1.54, 1.807) is 40.9 Å². The Morgan fingerprint density at radius 2 is 1.93 bits per heavy atom. The highest BCUT2D eigenvalue weighted by Gasteiger charge is 2.31. The molecule has 41 heavy (non-hydrogen) atoms. The molecular formula is C27H26F3N9O2. The predicted molar refractivity (Wildman–Crippen MR) is 146 cm³/mol. The van der Waals surface area contributed by atoms with Gasteiger partial charge in [0.2, 0.25) is 5.91 Å². The van der Waals surface area contributed by atoms with Gasteiger partial charge in [-0.3, -0.25) is 9.59 Å². The van der Waals surface area contributed by atoms with Gasteiger partial charge in [-0.1, -0.05) is 18.2 Å². The number of nitrogen functional groups attached to an aromatic ring is 1. The summed E-state index contributed by atoms with van der Waals surface area (Å²) in [5.74, 6) is -0.691. The first-order valence-electron chi connectivity index (χ1n) is 12.7. The number of nitrogens with zero attached hydrogens (tertiary/aromatic N) is 6. The molecule has 11 nitrogen and oxygen atoms in total. The minimum Gasteiger partial charge on any atom is -0.383 e. The summed E-state index contributed by atoms with van der Waals surface area (Å²) in [5, 5.41) is 10.7. The minimum atomic E-state index is -4.56. The number of amides is 2. The summed E-state index contributed by atoms with van der Waals surface area (Å²) < 4.78 is 40.7. The van der Waals surface area contributed by atoms with E-state index in [0.717, 1.165) is 18.3 Å². The van der Waals surface area contributed by atoms with E-state index in [9.17, 15) is 22.8 Å². The molecule has 2 amide bonds. The maximum atomic E-state index is 13.0. The van der Waals surface area contributed by atoms with Gasteiger partial charge in [0.15, 0.2) is 5.65 Å². The SMILES string of the molecule is CNCC=CC(=O)N1CCC(n2nc(-c3ccc(C(=O)Nc4cc(C(F)(F)F)ccn4)cc3)c3c(N)ncnc32)C1. The molecular weight excluding hydrogens is 539 g/mol. The highest BCUT2D eigenvalue weighted by Crippen LogP contribution is 2.34. The summed E-state index contributed by atoms with van der Waals surface area (Å²) in [4.78, 5) is 39.3. The van der Waals surface area contributed by atoms with Crippen molar-refractivity contribution in [1.29, 1.82) is 0 Å². The van der Waals surface area contributed by atoms with Crippen molar-refractivity contribution in [3.05, 3.63) is 72.2 Å². The third kappa shape index (κ3) is 5.87. The number of benzene rings is 1. The monoisotopic (exact) mass is 565 g/mol. The number of halogens is 3. The Bertz CT molecular complexity index is 1620. The van der Waals surface area contributed by atoms with E-state index in [2.05, 4.69) is 25.6 Å². The molecule has 5 rings (SSSR count). The molecule has 0 saturated carbocycles. The maximum absolute atomic E-state index is 13.0. The van der Waals surface area contributed by atoms with Gasteiger partial charge >= 0.3 is 6.18 Å². The molecule has 1 unspecified atom stereocenters. The number of likely N-dealkylation sites (N-methyl/N-ethyl adjacent to an activating group) is 1. The number of likely N-dealkylation sites (tertiary alicyclic amines) is 1. The molecule has 0 radical (unpaired) electrons. The summed E-state index contributed by atoms with van der Waals surface area (Å²) >= 11 is 0. The molecule has 4 aromatic rings. The summed E-state index contributed by atoms with van der Waals surface area (Å²) in [6, 6.07) is 7.82. The van der Waals surface area contributed by atoms with E-state index in [-0.39, 0.29) is 29.1 Å². The largest absolute Gasteiger partial charge is 0.416 e. The number of anilines is 2. The number of carbonyl (C=O) groups excluding carboxylic acids is 2. The summed E-state index contributed by atoms with van der Waals surface area (Å²) in [5.41, 5.74) is 7.17. The van der Waals surface area contributed by atoms with Crippen LogP contribution in [0.5, 0.6) is 0 Å². The first-order valence-corrected chi connectivity index (χ1v) is 12.7. The highest BCUT2D eigenvalue weighted by molar-refractivity contribution is 6.04. The molecule has 1 aliphatic rings. The Balaban J connectivity index is 1.38. The van der Waals surface area contributed by atoms with Gasteiger partial charge in [0.1, 0.15) is 23.7 Å². The number of rotatable bonds is 7. The number of carbonyl (C=O) groups is 2. The highest BCUT2D eigenvalue weighted by atomic mass is 19.4. The molecule has 0 bridgehead atoms. The van der Waals surface area contributed by atoms with Gasteiger partial charge < -0.3 is 21.3 Å². The van der Waals surface area contributed by atoms with Gasteiger partial charge in [-0.2, -0.15) is 18.3 Å². The molecule has 4 heterocycles. The fourth-order valence-electron chi connectivity index (χ4n) is 4.62. The zero-order valence-corrected chi connectivity index (χ0v) is 21.9. The Morgan fingerprint density at radius 1 is 1.15 bits per heavy atom. The third-order valence-electron chi connectivity index (χ3n) is 6.67. The van der Waals surface area contributed by atoms with E-state index >= 15 is 0 Å². The van der Waals surface area contributed by atoms with Gasteiger partial charge in [0, 0.05) is 43.0 Å². The summed E-state index contributed by atoms with van der Waals surface area (Å²) in [6.45, 7) is 1.61. The van der Waals surface area contributed by atoms with E-state index in [4.69, 9.17) is 10.8 Å². The van der Waals surface area contributed by atoms with Crippen molar-refractivity contribution in [1.82, 2.24) is 34.9 Å². The third-order valence-corrected chi connectivity index (χ3v) is 6.67. The van der Waals surface area contributed by atoms with Crippen molar-refractivity contribution in [2.45, 2.75) is 18.6 Å². The van der Waals surface area contributed by atoms with E-state index in [1.165, 1.54) is 18.5 Å². The van der Waals surface area contributed by atoms with Crippen molar-refractivity contribution in [2.75, 3.05) is 37.7 Å². The van der Waals surface area contributed by atoms with Gasteiger partial charge in [-0.25, -0.2) is 19.6 Å². The van der Waals surface area contributed by atoms with Crippen LogP contribution in [0.3, 0.4) is 0 Å². The van der Waals surface area contributed by atoms with E-state index in [1.807, 2.05) is 0 Å². The number of pyridine rings is 1. The standard InChI is InChI=1S/C27H26F3N9O2/c1-32-10-2-3-21(40)38-12-9-19(14-38)39-25-22(24(31)34-15-35-25)23(37-39)16-4-6-17(7-5-16)26(41)36-20-13-18(8-11-33-20)27(28,29)30/h2-8,11,13,15,19,32H,9-10,12,14H2,1H3,(H2,31,34,35)(H,33,36,41). The van der Waals surface area contributed by atoms with Crippen LogP contribution in [0.2, 0.25) is 0 Å². The Kier molecular flexibility index (Phi) is 7.66. The molecule has 0 aliphatic carbocycles. The van der Waals surface area contributed by atoms with Crippen LogP contribution in [0.25, 0.3) is 22.3 Å². The smallest absolute Gasteiger partial charge is 0.383 e. The van der Waals surface area contributed by atoms with Gasteiger partial charge in [-0.15, -0.1) is 0 Å². The molecule has 1 aliphatic heterocycles. The summed E-state index contributed by atoms with van der Waals surface area (Å²) in [6.07, 6.45) is 1.77. The fraction of sp³-hybridized carbons (Fsp3) is 0.259. The van der Waals surface area contributed by atoms with Crippen LogP contribution in [-0.4, -0.2) is 68.1 Å². The first kappa shape index (κ1) is 27.7. The Hall–Kier alpha value is -4.85. The minimum absolute atomic E-state index is 0.0808. The lowest BCUT2D eigenvalue weighted by atomic mass is 10.1. The number of fused-ring (bicyclic) bond motifs is 1. The molecule has 14 heteroatoms. The van der Waals surface area contributed by atoms with Crippen molar-refractivity contribution >= 4 is 34.5 Å². The number of nitrogens with two attached hydrogens (primary N) is 1. The molecule has 1 atom stereocenters. The molecule has 0 spiro atoms. The fourth-order valence-corrected chi connectivity index (χ4v) is 4.62. The molecule has 1 fully saturated rings. The lowest BCUT2D eigenvalue weighted by Crippen LogP contribution is -2.27. The second-order valence-electron chi connectivity index (χ2n) is 9.40. The Labute approximate surface area is 232 Å². The lowest BCUT2D eigenvalue weighted by molar-refractivity contribution is -0.137. The zero-order chi connectivity index (χ0) is 29.1. The predicted octanol–water partition coefficient (Wildman–Crippen LogP) is 3.29. The zero-order valence-electron chi connectivity index (χ0n) is 21.9. The number of alkyl halides is 3.